The maximum atomic E-state index is 13.6. The summed E-state index contributed by atoms with van der Waals surface area (Å²) in [7, 11) is 0. The predicted octanol–water partition coefficient (Wildman–Crippen LogP) is 6.34. The quantitative estimate of drug-likeness (QED) is 0.355. The Morgan fingerprint density at radius 2 is 1.90 bits per heavy atom. The van der Waals surface area contributed by atoms with Crippen LogP contribution in [0.15, 0.2) is 70.7 Å². The highest BCUT2D eigenvalue weighted by Gasteiger charge is 2.12. The molecule has 0 saturated carbocycles. The molecule has 3 nitrogen and oxygen atoms in total. The highest BCUT2D eigenvalue weighted by atomic mass is 79.9. The van der Waals surface area contributed by atoms with Gasteiger partial charge < -0.3 is 5.32 Å². The summed E-state index contributed by atoms with van der Waals surface area (Å²) >= 11 is 3.44. The van der Waals surface area contributed by atoms with Gasteiger partial charge in [-0.2, -0.15) is 5.26 Å². The van der Waals surface area contributed by atoms with Gasteiger partial charge in [0, 0.05) is 10.2 Å². The molecule has 150 valence electrons. The average Bonchev–Trinajstić information content (AvgIpc) is 2.70. The number of carbonyl (C=O) groups excluding carboxylic acids is 1. The van der Waals surface area contributed by atoms with Crippen molar-refractivity contribution in [1.29, 1.82) is 5.26 Å². The van der Waals surface area contributed by atoms with E-state index in [2.05, 4.69) is 21.2 Å². The summed E-state index contributed by atoms with van der Waals surface area (Å²) in [4.78, 5) is 12.7. The zero-order chi connectivity index (χ0) is 21.7. The Morgan fingerprint density at radius 1 is 1.10 bits per heavy atom. The van der Waals surface area contributed by atoms with E-state index in [0.29, 0.717) is 12.1 Å². The van der Waals surface area contributed by atoms with Gasteiger partial charge in [0.15, 0.2) is 0 Å². The normalized spacial score (nSPS) is 11.1. The fourth-order valence-electron chi connectivity index (χ4n) is 3.05. The van der Waals surface area contributed by atoms with Crippen LogP contribution in [0.1, 0.15) is 27.8 Å². The molecule has 0 aliphatic rings. The van der Waals surface area contributed by atoms with Crippen LogP contribution in [0, 0.1) is 31.0 Å². The molecule has 0 saturated heterocycles. The van der Waals surface area contributed by atoms with Gasteiger partial charge in [-0.15, -0.1) is 0 Å². The Labute approximate surface area is 184 Å². The van der Waals surface area contributed by atoms with Gasteiger partial charge in [-0.25, -0.2) is 4.39 Å². The van der Waals surface area contributed by atoms with Gasteiger partial charge in [0.1, 0.15) is 17.5 Å². The minimum absolute atomic E-state index is 0.00757. The molecule has 1 amide bonds. The van der Waals surface area contributed by atoms with E-state index in [0.717, 1.165) is 32.3 Å². The number of aryl methyl sites for hydroxylation is 2. The second-order valence-electron chi connectivity index (χ2n) is 7.07. The molecular formula is C25H20BrFN2O. The van der Waals surface area contributed by atoms with E-state index in [1.807, 2.05) is 62.4 Å². The summed E-state index contributed by atoms with van der Waals surface area (Å²) in [5.74, 6) is -0.773. The first-order chi connectivity index (χ1) is 14.4. The number of rotatable bonds is 5. The van der Waals surface area contributed by atoms with E-state index < -0.39 is 5.91 Å². The molecule has 0 spiro atoms. The SMILES string of the molecule is Cc1ccc(NC(=O)/C(C#N)=C/c2cc(Br)ccc2Cc2cccc(F)c2)cc1C. The van der Waals surface area contributed by atoms with E-state index in [4.69, 9.17) is 0 Å². The van der Waals surface area contributed by atoms with Gasteiger partial charge in [-0.3, -0.25) is 4.79 Å². The molecule has 0 unspecified atom stereocenters. The van der Waals surface area contributed by atoms with Crippen LogP contribution in [0.5, 0.6) is 0 Å². The Hall–Kier alpha value is -3.23. The first kappa shape index (κ1) is 21.5. The molecule has 5 heteroatoms. The van der Waals surface area contributed by atoms with Crippen LogP contribution in [-0.2, 0) is 11.2 Å². The van der Waals surface area contributed by atoms with Gasteiger partial charge in [0.25, 0.3) is 5.91 Å². The van der Waals surface area contributed by atoms with Crippen LogP contribution >= 0.6 is 15.9 Å². The Kier molecular flexibility index (Phi) is 6.81. The van der Waals surface area contributed by atoms with Crippen molar-refractivity contribution in [1.82, 2.24) is 0 Å². The lowest BCUT2D eigenvalue weighted by molar-refractivity contribution is -0.112. The van der Waals surface area contributed by atoms with Crippen LogP contribution in [0.3, 0.4) is 0 Å². The number of nitriles is 1. The molecule has 0 aromatic heterocycles. The molecule has 0 aliphatic heterocycles. The van der Waals surface area contributed by atoms with Crippen LogP contribution in [-0.4, -0.2) is 5.91 Å². The van der Waals surface area contributed by atoms with E-state index in [-0.39, 0.29) is 11.4 Å². The van der Waals surface area contributed by atoms with Crippen LogP contribution in [0.2, 0.25) is 0 Å². The molecule has 30 heavy (non-hydrogen) atoms. The standard InChI is InChI=1S/C25H20BrFN2O/c1-16-6-9-24(10-17(16)2)29-25(30)21(15-28)13-20-14-22(26)8-7-19(20)11-18-4-3-5-23(27)12-18/h3-10,12-14H,11H2,1-2H3,(H,29,30)/b21-13+. The van der Waals surface area contributed by atoms with Crippen molar-refractivity contribution in [2.45, 2.75) is 20.3 Å². The van der Waals surface area contributed by atoms with E-state index >= 15 is 0 Å². The summed E-state index contributed by atoms with van der Waals surface area (Å²) in [5, 5.41) is 12.4. The second-order valence-corrected chi connectivity index (χ2v) is 7.99. The van der Waals surface area contributed by atoms with Crippen molar-refractivity contribution >= 4 is 33.6 Å². The lowest BCUT2D eigenvalue weighted by Crippen LogP contribution is -2.13. The van der Waals surface area contributed by atoms with Gasteiger partial charge in [0.05, 0.1) is 0 Å². The number of nitrogens with one attached hydrogen (secondary N) is 1. The molecule has 3 aromatic carbocycles. The molecular weight excluding hydrogens is 443 g/mol. The summed E-state index contributed by atoms with van der Waals surface area (Å²) in [6.45, 7) is 3.96. The number of halogens is 2. The Bertz CT molecular complexity index is 1180. The number of carbonyl (C=O) groups is 1. The second kappa shape index (κ2) is 9.51. The third-order valence-corrected chi connectivity index (χ3v) is 5.31. The van der Waals surface area contributed by atoms with Crippen molar-refractivity contribution in [2.24, 2.45) is 0 Å². The van der Waals surface area contributed by atoms with Crippen molar-refractivity contribution in [3.8, 4) is 6.07 Å². The van der Waals surface area contributed by atoms with Crippen molar-refractivity contribution in [3.63, 3.8) is 0 Å². The zero-order valence-corrected chi connectivity index (χ0v) is 18.3. The zero-order valence-electron chi connectivity index (χ0n) is 16.7. The topological polar surface area (TPSA) is 52.9 Å². The molecule has 0 atom stereocenters. The minimum Gasteiger partial charge on any atom is -0.321 e. The van der Waals surface area contributed by atoms with E-state index in [9.17, 15) is 14.4 Å². The maximum absolute atomic E-state index is 13.6. The maximum Gasteiger partial charge on any atom is 0.266 e. The van der Waals surface area contributed by atoms with Gasteiger partial charge in [-0.05, 0) is 90.6 Å². The third-order valence-electron chi connectivity index (χ3n) is 4.82. The highest BCUT2D eigenvalue weighted by Crippen LogP contribution is 2.23. The fourth-order valence-corrected chi connectivity index (χ4v) is 3.43. The van der Waals surface area contributed by atoms with E-state index in [1.165, 1.54) is 12.1 Å². The smallest absolute Gasteiger partial charge is 0.266 e. The van der Waals surface area contributed by atoms with Crippen LogP contribution < -0.4 is 5.32 Å². The number of hydrogen-bond donors (Lipinski definition) is 1. The number of benzene rings is 3. The van der Waals surface area contributed by atoms with Gasteiger partial charge in [-0.1, -0.05) is 40.2 Å². The first-order valence-corrected chi connectivity index (χ1v) is 10.2. The molecule has 0 fully saturated rings. The summed E-state index contributed by atoms with van der Waals surface area (Å²) < 4.78 is 14.4. The lowest BCUT2D eigenvalue weighted by Gasteiger charge is -2.10. The number of nitrogens with zero attached hydrogens (tertiary/aromatic N) is 1. The van der Waals surface area contributed by atoms with Crippen molar-refractivity contribution < 1.29 is 9.18 Å². The molecule has 3 aromatic rings. The highest BCUT2D eigenvalue weighted by molar-refractivity contribution is 9.10. The summed E-state index contributed by atoms with van der Waals surface area (Å²) in [5.41, 5.74) is 5.23. The minimum atomic E-state index is -0.475. The molecule has 0 bridgehead atoms. The Morgan fingerprint density at radius 3 is 2.60 bits per heavy atom. The predicted molar refractivity (Wildman–Crippen MR) is 121 cm³/mol. The van der Waals surface area contributed by atoms with E-state index in [1.54, 1.807) is 12.1 Å². The van der Waals surface area contributed by atoms with Gasteiger partial charge in [0.2, 0.25) is 0 Å². The first-order valence-electron chi connectivity index (χ1n) is 9.39. The number of amides is 1. The molecule has 0 radical (unpaired) electrons. The summed E-state index contributed by atoms with van der Waals surface area (Å²) in [6, 6.07) is 19.6. The number of hydrogen-bond acceptors (Lipinski definition) is 2. The number of anilines is 1. The summed E-state index contributed by atoms with van der Waals surface area (Å²) in [6.07, 6.45) is 2.05. The molecule has 0 aliphatic carbocycles. The fraction of sp³-hybridized carbons (Fsp3) is 0.120. The lowest BCUT2D eigenvalue weighted by atomic mass is 9.98. The largest absolute Gasteiger partial charge is 0.321 e. The van der Waals surface area contributed by atoms with Gasteiger partial charge >= 0.3 is 0 Å². The van der Waals surface area contributed by atoms with Crippen molar-refractivity contribution in [3.05, 3.63) is 104 Å². The Balaban J connectivity index is 1.90. The third kappa shape index (κ3) is 5.43. The van der Waals surface area contributed by atoms with Crippen LogP contribution in [0.25, 0.3) is 6.08 Å². The monoisotopic (exact) mass is 462 g/mol. The molecule has 3 rings (SSSR count). The molecule has 0 heterocycles. The average molecular weight is 463 g/mol. The van der Waals surface area contributed by atoms with Crippen molar-refractivity contribution in [2.75, 3.05) is 5.32 Å². The van der Waals surface area contributed by atoms with Crippen LogP contribution in [0.4, 0.5) is 10.1 Å². The molecule has 1 N–H and O–H groups in total.